The summed E-state index contributed by atoms with van der Waals surface area (Å²) in [6, 6.07) is 14.6. The zero-order chi connectivity index (χ0) is 25.7. The molecule has 0 amide bonds. The van der Waals surface area contributed by atoms with Crippen molar-refractivity contribution in [3.8, 4) is 11.5 Å². The van der Waals surface area contributed by atoms with Crippen molar-refractivity contribution < 1.29 is 19.0 Å². The summed E-state index contributed by atoms with van der Waals surface area (Å²) < 4.78 is 17.4. The SMILES string of the molecule is COc1cc(Cl)c(C(Nc2ccc(C(=O)OC(C)(C)C)cc2)c2cccnc2)cc1OC1CCCC1. The van der Waals surface area contributed by atoms with Crippen LogP contribution >= 0.6 is 11.6 Å². The molecular formula is C29H33ClN2O4. The molecule has 1 aromatic heterocycles. The summed E-state index contributed by atoms with van der Waals surface area (Å²) >= 11 is 6.78. The van der Waals surface area contributed by atoms with Crippen molar-refractivity contribution in [3.05, 3.63) is 82.6 Å². The molecule has 0 aliphatic heterocycles. The summed E-state index contributed by atoms with van der Waals surface area (Å²) in [4.78, 5) is 16.7. The molecule has 7 heteroatoms. The van der Waals surface area contributed by atoms with Crippen LogP contribution in [0.3, 0.4) is 0 Å². The number of anilines is 1. The number of benzene rings is 2. The Kier molecular flexibility index (Phi) is 8.04. The van der Waals surface area contributed by atoms with Gasteiger partial charge in [0.05, 0.1) is 29.8 Å². The molecule has 1 heterocycles. The van der Waals surface area contributed by atoms with E-state index in [0.29, 0.717) is 22.1 Å². The number of nitrogens with one attached hydrogen (secondary N) is 1. The Morgan fingerprint density at radius 2 is 1.81 bits per heavy atom. The topological polar surface area (TPSA) is 69.7 Å². The predicted molar refractivity (Wildman–Crippen MR) is 142 cm³/mol. The van der Waals surface area contributed by atoms with Gasteiger partial charge in [-0.2, -0.15) is 0 Å². The highest BCUT2D eigenvalue weighted by atomic mass is 35.5. The van der Waals surface area contributed by atoms with Gasteiger partial charge < -0.3 is 19.5 Å². The molecule has 1 saturated carbocycles. The average Bonchev–Trinajstić information content (AvgIpc) is 3.36. The molecule has 0 radical (unpaired) electrons. The van der Waals surface area contributed by atoms with Gasteiger partial charge in [0.15, 0.2) is 11.5 Å². The van der Waals surface area contributed by atoms with Crippen molar-refractivity contribution in [2.75, 3.05) is 12.4 Å². The fraction of sp³-hybridized carbons (Fsp3) is 0.379. The lowest BCUT2D eigenvalue weighted by Crippen LogP contribution is -2.23. The summed E-state index contributed by atoms with van der Waals surface area (Å²) in [5.41, 5.74) is 2.54. The largest absolute Gasteiger partial charge is 0.493 e. The Labute approximate surface area is 217 Å². The summed E-state index contributed by atoms with van der Waals surface area (Å²) in [5, 5.41) is 4.11. The van der Waals surface area contributed by atoms with Crippen LogP contribution in [0.25, 0.3) is 0 Å². The molecule has 1 unspecified atom stereocenters. The third kappa shape index (κ3) is 6.49. The van der Waals surface area contributed by atoms with Crippen LogP contribution in [0.1, 0.15) is 74.0 Å². The van der Waals surface area contributed by atoms with Crippen molar-refractivity contribution in [2.24, 2.45) is 0 Å². The van der Waals surface area contributed by atoms with Gasteiger partial charge in [-0.1, -0.05) is 17.7 Å². The van der Waals surface area contributed by atoms with E-state index in [4.69, 9.17) is 25.8 Å². The maximum Gasteiger partial charge on any atom is 0.338 e. The normalized spacial score (nSPS) is 14.8. The molecule has 0 saturated heterocycles. The van der Waals surface area contributed by atoms with Gasteiger partial charge in [-0.05, 0) is 88.4 Å². The van der Waals surface area contributed by atoms with E-state index in [1.807, 2.05) is 57.3 Å². The molecule has 1 atom stereocenters. The number of aromatic nitrogens is 1. The number of halogens is 1. The second-order valence-corrected chi connectivity index (χ2v) is 10.4. The minimum atomic E-state index is -0.553. The summed E-state index contributed by atoms with van der Waals surface area (Å²) in [5.74, 6) is 0.937. The smallest absolute Gasteiger partial charge is 0.338 e. The first kappa shape index (κ1) is 25.8. The van der Waals surface area contributed by atoms with Gasteiger partial charge in [-0.15, -0.1) is 0 Å². The minimum Gasteiger partial charge on any atom is -0.493 e. The van der Waals surface area contributed by atoms with Crippen LogP contribution in [0.2, 0.25) is 5.02 Å². The number of hydrogen-bond acceptors (Lipinski definition) is 6. The molecule has 1 N–H and O–H groups in total. The fourth-order valence-electron chi connectivity index (χ4n) is 4.30. The minimum absolute atomic E-state index is 0.179. The Morgan fingerprint density at radius 1 is 1.08 bits per heavy atom. The fourth-order valence-corrected chi connectivity index (χ4v) is 4.57. The molecule has 1 aliphatic carbocycles. The predicted octanol–water partition coefficient (Wildman–Crippen LogP) is 7.22. The molecular weight excluding hydrogens is 476 g/mol. The first-order chi connectivity index (χ1) is 17.2. The van der Waals surface area contributed by atoms with Crippen molar-refractivity contribution in [3.63, 3.8) is 0 Å². The molecule has 1 aliphatic rings. The van der Waals surface area contributed by atoms with E-state index >= 15 is 0 Å². The maximum atomic E-state index is 12.4. The third-order valence-electron chi connectivity index (χ3n) is 6.04. The van der Waals surface area contributed by atoms with Crippen molar-refractivity contribution in [1.29, 1.82) is 0 Å². The first-order valence-corrected chi connectivity index (χ1v) is 12.7. The Morgan fingerprint density at radius 3 is 2.42 bits per heavy atom. The molecule has 1 fully saturated rings. The van der Waals surface area contributed by atoms with Crippen molar-refractivity contribution in [2.45, 2.75) is 64.2 Å². The second kappa shape index (κ2) is 11.2. The van der Waals surface area contributed by atoms with E-state index in [-0.39, 0.29) is 18.1 Å². The van der Waals surface area contributed by atoms with E-state index in [1.165, 1.54) is 12.8 Å². The lowest BCUT2D eigenvalue weighted by Gasteiger charge is -2.24. The number of carbonyl (C=O) groups excluding carboxylic acids is 1. The molecule has 36 heavy (non-hydrogen) atoms. The number of hydrogen-bond donors (Lipinski definition) is 1. The molecule has 6 nitrogen and oxygen atoms in total. The Bertz CT molecular complexity index is 1170. The zero-order valence-electron chi connectivity index (χ0n) is 21.2. The van der Waals surface area contributed by atoms with Crippen molar-refractivity contribution >= 4 is 23.3 Å². The lowest BCUT2D eigenvalue weighted by molar-refractivity contribution is 0.00695. The van der Waals surface area contributed by atoms with E-state index in [0.717, 1.165) is 29.7 Å². The standard InChI is InChI=1S/C29H33ClN2O4/c1-29(2,3)36-28(33)19-11-13-21(14-12-19)32-27(20-8-7-15-31-18-20)23-16-26(25(34-4)17-24(23)30)35-22-9-5-6-10-22/h7-8,11-18,22,27,32H,5-6,9-10H2,1-4H3. The zero-order valence-corrected chi connectivity index (χ0v) is 22.0. The Balaban J connectivity index is 1.65. The highest BCUT2D eigenvalue weighted by Crippen LogP contribution is 2.40. The van der Waals surface area contributed by atoms with Gasteiger partial charge in [0.25, 0.3) is 0 Å². The molecule has 4 rings (SSSR count). The molecule has 3 aromatic rings. The quantitative estimate of drug-likeness (QED) is 0.324. The Hall–Kier alpha value is -3.25. The van der Waals surface area contributed by atoms with Gasteiger partial charge in [0, 0.05) is 29.7 Å². The van der Waals surface area contributed by atoms with Crippen LogP contribution in [0.15, 0.2) is 60.9 Å². The summed E-state index contributed by atoms with van der Waals surface area (Å²) in [6.45, 7) is 5.55. The second-order valence-electron chi connectivity index (χ2n) is 9.99. The van der Waals surface area contributed by atoms with E-state index in [2.05, 4.69) is 10.3 Å². The van der Waals surface area contributed by atoms with E-state index in [9.17, 15) is 4.79 Å². The average molecular weight is 509 g/mol. The molecule has 0 bridgehead atoms. The van der Waals surface area contributed by atoms with Crippen LogP contribution in [0.5, 0.6) is 11.5 Å². The summed E-state index contributed by atoms with van der Waals surface area (Å²) in [7, 11) is 1.62. The molecule has 190 valence electrons. The monoisotopic (exact) mass is 508 g/mol. The molecule has 2 aromatic carbocycles. The van der Waals surface area contributed by atoms with E-state index in [1.54, 1.807) is 31.5 Å². The van der Waals surface area contributed by atoms with Gasteiger partial charge in [0.1, 0.15) is 5.60 Å². The summed E-state index contributed by atoms with van der Waals surface area (Å²) in [6.07, 6.45) is 8.15. The number of rotatable bonds is 8. The lowest BCUT2D eigenvalue weighted by atomic mass is 9.98. The third-order valence-corrected chi connectivity index (χ3v) is 6.37. The number of pyridine rings is 1. The van der Waals surface area contributed by atoms with Gasteiger partial charge in [-0.3, -0.25) is 4.98 Å². The molecule has 0 spiro atoms. The van der Waals surface area contributed by atoms with Gasteiger partial charge in [0.2, 0.25) is 0 Å². The van der Waals surface area contributed by atoms with Gasteiger partial charge >= 0.3 is 5.97 Å². The number of ether oxygens (including phenoxy) is 3. The number of carbonyl (C=O) groups is 1. The van der Waals surface area contributed by atoms with Crippen molar-refractivity contribution in [1.82, 2.24) is 4.98 Å². The van der Waals surface area contributed by atoms with Crippen LogP contribution in [-0.4, -0.2) is 29.8 Å². The maximum absolute atomic E-state index is 12.4. The number of methoxy groups -OCH3 is 1. The number of nitrogens with zero attached hydrogens (tertiary/aromatic N) is 1. The highest BCUT2D eigenvalue weighted by Gasteiger charge is 2.24. The first-order valence-electron chi connectivity index (χ1n) is 12.3. The van der Waals surface area contributed by atoms with Crippen LogP contribution < -0.4 is 14.8 Å². The van der Waals surface area contributed by atoms with Crippen LogP contribution in [0, 0.1) is 0 Å². The van der Waals surface area contributed by atoms with Crippen LogP contribution in [-0.2, 0) is 4.74 Å². The highest BCUT2D eigenvalue weighted by molar-refractivity contribution is 6.31. The number of esters is 1. The van der Waals surface area contributed by atoms with E-state index < -0.39 is 5.60 Å². The van der Waals surface area contributed by atoms with Gasteiger partial charge in [-0.25, -0.2) is 4.79 Å². The van der Waals surface area contributed by atoms with Crippen LogP contribution in [0.4, 0.5) is 5.69 Å².